The highest BCUT2D eigenvalue weighted by molar-refractivity contribution is 5.94. The van der Waals surface area contributed by atoms with Crippen molar-refractivity contribution in [3.05, 3.63) is 23.8 Å². The van der Waals surface area contributed by atoms with Crippen LogP contribution in [0.3, 0.4) is 0 Å². The lowest BCUT2D eigenvalue weighted by Gasteiger charge is -2.19. The molecule has 6 heteroatoms. The first kappa shape index (κ1) is 18.3. The number of carbonyl (C=O) groups is 2. The van der Waals surface area contributed by atoms with E-state index in [1.54, 1.807) is 14.1 Å². The molecule has 1 aromatic rings. The largest absolute Gasteiger partial charge is 0.482 e. The number of nitrogens with one attached hydrogen (secondary N) is 1. The quantitative estimate of drug-likeness (QED) is 0.831. The molecule has 1 aromatic carbocycles. The molecule has 2 atom stereocenters. The van der Waals surface area contributed by atoms with Crippen LogP contribution in [-0.2, 0) is 9.59 Å². The van der Waals surface area contributed by atoms with E-state index in [-0.39, 0.29) is 30.3 Å². The molecule has 1 aliphatic rings. The molecular formula is C18H27N3O3. The van der Waals surface area contributed by atoms with Crippen molar-refractivity contribution in [1.82, 2.24) is 4.90 Å². The maximum Gasteiger partial charge on any atom is 0.259 e. The van der Waals surface area contributed by atoms with Crippen LogP contribution >= 0.6 is 0 Å². The number of aryl methyl sites for hydroxylation is 1. The lowest BCUT2D eigenvalue weighted by atomic mass is 9.95. The van der Waals surface area contributed by atoms with Crippen LogP contribution in [-0.4, -0.2) is 44.0 Å². The van der Waals surface area contributed by atoms with E-state index < -0.39 is 0 Å². The number of anilines is 1. The van der Waals surface area contributed by atoms with Gasteiger partial charge in [0.25, 0.3) is 5.91 Å². The van der Waals surface area contributed by atoms with Gasteiger partial charge in [-0.15, -0.1) is 0 Å². The Morgan fingerprint density at radius 2 is 2.08 bits per heavy atom. The maximum atomic E-state index is 12.6. The summed E-state index contributed by atoms with van der Waals surface area (Å²) in [7, 11) is 3.36. The molecule has 2 rings (SSSR count). The number of nitrogens with zero attached hydrogens (tertiary/aromatic N) is 1. The Bertz CT molecular complexity index is 601. The highest BCUT2D eigenvalue weighted by Gasteiger charge is 2.32. The van der Waals surface area contributed by atoms with Gasteiger partial charge >= 0.3 is 0 Å². The maximum absolute atomic E-state index is 12.6. The second-order valence-corrected chi connectivity index (χ2v) is 6.60. The molecule has 0 bridgehead atoms. The fraction of sp³-hybridized carbons (Fsp3) is 0.556. The Morgan fingerprint density at radius 3 is 2.75 bits per heavy atom. The zero-order valence-electron chi connectivity index (χ0n) is 14.7. The summed E-state index contributed by atoms with van der Waals surface area (Å²) in [5.74, 6) is 0.562. The summed E-state index contributed by atoms with van der Waals surface area (Å²) in [5.41, 5.74) is 7.37. The van der Waals surface area contributed by atoms with Gasteiger partial charge in [0.05, 0.1) is 5.69 Å². The van der Waals surface area contributed by atoms with E-state index in [4.69, 9.17) is 10.5 Å². The van der Waals surface area contributed by atoms with Crippen LogP contribution < -0.4 is 15.8 Å². The van der Waals surface area contributed by atoms with Gasteiger partial charge in [-0.3, -0.25) is 9.59 Å². The lowest BCUT2D eigenvalue weighted by Crippen LogP contribution is -2.30. The van der Waals surface area contributed by atoms with E-state index >= 15 is 0 Å². The van der Waals surface area contributed by atoms with Crippen LogP contribution in [0.25, 0.3) is 0 Å². The number of amides is 2. The number of rotatable bonds is 6. The predicted molar refractivity (Wildman–Crippen MR) is 93.9 cm³/mol. The molecule has 0 aromatic heterocycles. The van der Waals surface area contributed by atoms with Crippen molar-refractivity contribution >= 4 is 17.5 Å². The van der Waals surface area contributed by atoms with Crippen LogP contribution in [0.1, 0.15) is 24.8 Å². The molecule has 2 amide bonds. The summed E-state index contributed by atoms with van der Waals surface area (Å²) in [5, 5.41) is 2.95. The number of benzene rings is 1. The highest BCUT2D eigenvalue weighted by atomic mass is 16.5. The van der Waals surface area contributed by atoms with Crippen molar-refractivity contribution in [2.24, 2.45) is 17.6 Å². The molecule has 1 aliphatic carbocycles. The minimum Gasteiger partial charge on any atom is -0.482 e. The number of ether oxygens (including phenoxy) is 1. The van der Waals surface area contributed by atoms with E-state index in [0.29, 0.717) is 18.0 Å². The molecule has 0 aliphatic heterocycles. The summed E-state index contributed by atoms with van der Waals surface area (Å²) in [6, 6.07) is 5.55. The highest BCUT2D eigenvalue weighted by Crippen LogP contribution is 2.33. The van der Waals surface area contributed by atoms with Crippen LogP contribution in [0.15, 0.2) is 18.2 Å². The Labute approximate surface area is 143 Å². The minimum atomic E-state index is -0.132. The molecular weight excluding hydrogens is 306 g/mol. The van der Waals surface area contributed by atoms with Crippen LogP contribution in [0.4, 0.5) is 5.69 Å². The summed E-state index contributed by atoms with van der Waals surface area (Å²) in [6.45, 7) is 2.41. The number of carbonyl (C=O) groups excluding carboxylic acids is 2. The number of likely N-dealkylation sites (N-methyl/N-ethyl adjacent to an activating group) is 1. The van der Waals surface area contributed by atoms with Gasteiger partial charge in [0.2, 0.25) is 5.91 Å². The molecule has 0 radical (unpaired) electrons. The third kappa shape index (κ3) is 4.47. The first-order chi connectivity index (χ1) is 11.4. The Kier molecular flexibility index (Phi) is 6.20. The third-order valence-electron chi connectivity index (χ3n) is 4.54. The van der Waals surface area contributed by atoms with Crippen molar-refractivity contribution in [1.29, 1.82) is 0 Å². The van der Waals surface area contributed by atoms with Crippen molar-refractivity contribution in [3.8, 4) is 5.75 Å². The van der Waals surface area contributed by atoms with E-state index in [9.17, 15) is 9.59 Å². The normalized spacial score (nSPS) is 19.8. The summed E-state index contributed by atoms with van der Waals surface area (Å²) in [4.78, 5) is 25.8. The molecule has 0 heterocycles. The standard InChI is InChI=1S/C18H27N3O3/c1-12-7-8-15(16(9-12)24-11-17(22)21(2)3)20-18(23)14-6-4-5-13(14)10-19/h7-9,13-14H,4-6,10-11,19H2,1-3H3,(H,20,23)/t13-,14-/m1/s1. The Hall–Kier alpha value is -2.08. The number of hydrogen-bond donors (Lipinski definition) is 2. The molecule has 1 saturated carbocycles. The average molecular weight is 333 g/mol. The molecule has 6 nitrogen and oxygen atoms in total. The average Bonchev–Trinajstić information content (AvgIpc) is 3.03. The molecule has 0 spiro atoms. The van der Waals surface area contributed by atoms with E-state index in [2.05, 4.69) is 5.32 Å². The van der Waals surface area contributed by atoms with Gasteiger partial charge in [-0.25, -0.2) is 0 Å². The molecule has 3 N–H and O–H groups in total. The summed E-state index contributed by atoms with van der Waals surface area (Å²) >= 11 is 0. The zero-order valence-corrected chi connectivity index (χ0v) is 14.7. The van der Waals surface area contributed by atoms with Crippen LogP contribution in [0, 0.1) is 18.8 Å². The van der Waals surface area contributed by atoms with Crippen molar-refractivity contribution in [2.45, 2.75) is 26.2 Å². The van der Waals surface area contributed by atoms with Gasteiger partial charge in [-0.05, 0) is 49.9 Å². The van der Waals surface area contributed by atoms with E-state index in [0.717, 1.165) is 24.8 Å². The van der Waals surface area contributed by atoms with Gasteiger partial charge in [-0.1, -0.05) is 12.5 Å². The van der Waals surface area contributed by atoms with Crippen molar-refractivity contribution in [3.63, 3.8) is 0 Å². The van der Waals surface area contributed by atoms with Gasteiger partial charge in [0.15, 0.2) is 6.61 Å². The lowest BCUT2D eigenvalue weighted by molar-refractivity contribution is -0.130. The van der Waals surface area contributed by atoms with Crippen molar-refractivity contribution < 1.29 is 14.3 Å². The first-order valence-electron chi connectivity index (χ1n) is 8.37. The van der Waals surface area contributed by atoms with Gasteiger partial charge in [0, 0.05) is 20.0 Å². The van der Waals surface area contributed by atoms with Gasteiger partial charge in [0.1, 0.15) is 5.75 Å². The van der Waals surface area contributed by atoms with Gasteiger partial charge in [-0.2, -0.15) is 0 Å². The second kappa shape index (κ2) is 8.15. The zero-order chi connectivity index (χ0) is 17.7. The first-order valence-corrected chi connectivity index (χ1v) is 8.37. The van der Waals surface area contributed by atoms with E-state index in [1.807, 2.05) is 25.1 Å². The number of hydrogen-bond acceptors (Lipinski definition) is 4. The van der Waals surface area contributed by atoms with Gasteiger partial charge < -0.3 is 20.7 Å². The molecule has 0 unspecified atom stereocenters. The third-order valence-corrected chi connectivity index (χ3v) is 4.54. The molecule has 132 valence electrons. The Morgan fingerprint density at radius 1 is 1.33 bits per heavy atom. The topological polar surface area (TPSA) is 84.7 Å². The number of nitrogens with two attached hydrogens (primary N) is 1. The van der Waals surface area contributed by atoms with E-state index in [1.165, 1.54) is 4.90 Å². The predicted octanol–water partition coefficient (Wildman–Crippen LogP) is 1.78. The van der Waals surface area contributed by atoms with Crippen LogP contribution in [0.2, 0.25) is 0 Å². The smallest absolute Gasteiger partial charge is 0.259 e. The minimum absolute atomic E-state index is 0.0180. The summed E-state index contributed by atoms with van der Waals surface area (Å²) in [6.07, 6.45) is 2.91. The molecule has 24 heavy (non-hydrogen) atoms. The fourth-order valence-electron chi connectivity index (χ4n) is 3.01. The SMILES string of the molecule is Cc1ccc(NC(=O)[C@@H]2CCC[C@@H]2CN)c(OCC(=O)N(C)C)c1. The second-order valence-electron chi connectivity index (χ2n) is 6.60. The fourth-order valence-corrected chi connectivity index (χ4v) is 3.01. The van der Waals surface area contributed by atoms with Crippen molar-refractivity contribution in [2.75, 3.05) is 32.6 Å². The molecule has 0 saturated heterocycles. The van der Waals surface area contributed by atoms with Crippen LogP contribution in [0.5, 0.6) is 5.75 Å². The molecule has 1 fully saturated rings. The summed E-state index contributed by atoms with van der Waals surface area (Å²) < 4.78 is 5.63. The monoisotopic (exact) mass is 333 g/mol. The Balaban J connectivity index is 2.09.